The second-order valence-corrected chi connectivity index (χ2v) is 9.09. The molecule has 1 aromatic rings. The molecule has 1 aliphatic heterocycles. The fourth-order valence-electron chi connectivity index (χ4n) is 3.13. The van der Waals surface area contributed by atoms with E-state index in [1.54, 1.807) is 0 Å². The Balaban J connectivity index is 1.97. The fourth-order valence-corrected chi connectivity index (χ4v) is 5.16. The molecular formula is C13H19N3O4S2. The molecular weight excluding hydrogens is 326 g/mol. The van der Waals surface area contributed by atoms with Crippen LogP contribution in [0.15, 0.2) is 28.0 Å². The number of sulfonamides is 2. The molecule has 3 rings (SSSR count). The maximum Gasteiger partial charge on any atom is 0.244 e. The summed E-state index contributed by atoms with van der Waals surface area (Å²) in [5.41, 5.74) is 0.418. The molecule has 0 radical (unpaired) electrons. The van der Waals surface area contributed by atoms with Gasteiger partial charge in [-0.05, 0) is 37.0 Å². The third-order valence-electron chi connectivity index (χ3n) is 4.29. The van der Waals surface area contributed by atoms with E-state index in [0.29, 0.717) is 5.69 Å². The molecule has 2 aliphatic rings. The van der Waals surface area contributed by atoms with Crippen molar-refractivity contribution in [3.63, 3.8) is 0 Å². The van der Waals surface area contributed by atoms with Gasteiger partial charge in [-0.25, -0.2) is 22.0 Å². The average molecular weight is 345 g/mol. The topological polar surface area (TPSA) is 118 Å². The smallest absolute Gasteiger partial charge is 0.244 e. The Morgan fingerprint density at radius 1 is 1.14 bits per heavy atom. The lowest BCUT2D eigenvalue weighted by atomic mass is 9.87. The Morgan fingerprint density at radius 2 is 1.82 bits per heavy atom. The molecule has 1 fully saturated rings. The van der Waals surface area contributed by atoms with Gasteiger partial charge >= 0.3 is 0 Å². The lowest BCUT2D eigenvalue weighted by Gasteiger charge is -2.35. The van der Waals surface area contributed by atoms with E-state index >= 15 is 0 Å². The summed E-state index contributed by atoms with van der Waals surface area (Å²) in [4.78, 5) is -0.291. The zero-order valence-corrected chi connectivity index (χ0v) is 13.6. The summed E-state index contributed by atoms with van der Waals surface area (Å²) in [5, 5.41) is 8.23. The van der Waals surface area contributed by atoms with Crippen molar-refractivity contribution in [1.29, 1.82) is 0 Å². The van der Waals surface area contributed by atoms with Gasteiger partial charge in [0.2, 0.25) is 20.0 Å². The van der Waals surface area contributed by atoms with Gasteiger partial charge in [0.15, 0.2) is 0 Å². The van der Waals surface area contributed by atoms with Gasteiger partial charge in [0.25, 0.3) is 0 Å². The highest BCUT2D eigenvalue weighted by atomic mass is 32.2. The van der Waals surface area contributed by atoms with Gasteiger partial charge < -0.3 is 5.32 Å². The van der Waals surface area contributed by atoms with Gasteiger partial charge in [-0.3, -0.25) is 0 Å². The fraction of sp³-hybridized carbons (Fsp3) is 0.538. The van der Waals surface area contributed by atoms with Crippen molar-refractivity contribution in [2.24, 2.45) is 11.1 Å². The molecule has 7 nitrogen and oxygen atoms in total. The minimum atomic E-state index is -3.94. The molecule has 1 unspecified atom stereocenters. The monoisotopic (exact) mass is 345 g/mol. The summed E-state index contributed by atoms with van der Waals surface area (Å²) in [6, 6.07) is 3.88. The van der Waals surface area contributed by atoms with Gasteiger partial charge in [0.05, 0.1) is 16.7 Å². The summed E-state index contributed by atoms with van der Waals surface area (Å²) in [5.74, 6) is 0.245. The minimum Gasteiger partial charge on any atom is -0.368 e. The Labute approximate surface area is 130 Å². The summed E-state index contributed by atoms with van der Waals surface area (Å²) in [7, 11) is -7.70. The molecule has 4 N–H and O–H groups in total. The summed E-state index contributed by atoms with van der Waals surface area (Å²) in [6.45, 7) is 0. The number of primary sulfonamides is 1. The van der Waals surface area contributed by atoms with Crippen LogP contribution in [-0.4, -0.2) is 23.0 Å². The third-order valence-corrected chi connectivity index (χ3v) is 6.68. The van der Waals surface area contributed by atoms with Crippen molar-refractivity contribution in [3.8, 4) is 0 Å². The molecule has 22 heavy (non-hydrogen) atoms. The first-order valence-corrected chi connectivity index (χ1v) is 10.3. The van der Waals surface area contributed by atoms with Crippen LogP contribution in [0.2, 0.25) is 0 Å². The van der Waals surface area contributed by atoms with Crippen molar-refractivity contribution in [2.75, 3.05) is 5.32 Å². The number of nitrogens with one attached hydrogen (secondary N) is 2. The number of fused-ring (bicyclic) bond motifs is 1. The minimum absolute atomic E-state index is 0.0777. The van der Waals surface area contributed by atoms with Crippen molar-refractivity contribution in [1.82, 2.24) is 4.72 Å². The van der Waals surface area contributed by atoms with Crippen LogP contribution in [0.1, 0.15) is 32.1 Å². The molecule has 1 saturated carbocycles. The zero-order valence-electron chi connectivity index (χ0n) is 11.9. The number of hydrogen-bond donors (Lipinski definition) is 3. The second-order valence-electron chi connectivity index (χ2n) is 5.84. The quantitative estimate of drug-likeness (QED) is 0.737. The molecule has 122 valence electrons. The number of hydrogen-bond acceptors (Lipinski definition) is 5. The van der Waals surface area contributed by atoms with Gasteiger partial charge in [-0.15, -0.1) is 0 Å². The summed E-state index contributed by atoms with van der Waals surface area (Å²) < 4.78 is 50.2. The first-order valence-electron chi connectivity index (χ1n) is 7.23. The molecule has 0 spiro atoms. The SMILES string of the molecule is NS(=O)(=O)c1ccc2c(c1)S(=O)(=O)NC(C1CCCCC1)N2. The molecule has 9 heteroatoms. The average Bonchev–Trinajstić information content (AvgIpc) is 2.46. The highest BCUT2D eigenvalue weighted by Gasteiger charge is 2.34. The molecule has 1 aliphatic carbocycles. The van der Waals surface area contributed by atoms with Crippen LogP contribution >= 0.6 is 0 Å². The highest BCUT2D eigenvalue weighted by molar-refractivity contribution is 7.90. The van der Waals surface area contributed by atoms with Crippen LogP contribution in [0.5, 0.6) is 0 Å². The molecule has 0 aromatic heterocycles. The second kappa shape index (κ2) is 5.48. The third kappa shape index (κ3) is 2.98. The van der Waals surface area contributed by atoms with Crippen LogP contribution in [-0.2, 0) is 20.0 Å². The van der Waals surface area contributed by atoms with Crippen LogP contribution in [0.25, 0.3) is 0 Å². The van der Waals surface area contributed by atoms with E-state index in [2.05, 4.69) is 10.0 Å². The zero-order chi connectivity index (χ0) is 16.0. The standard InChI is InChI=1S/C13H19N3O4S2/c14-21(17,18)10-6-7-11-12(8-10)22(19,20)16-13(15-11)9-4-2-1-3-5-9/h6-9,13,15-16H,1-5H2,(H2,14,17,18). The van der Waals surface area contributed by atoms with Crippen molar-refractivity contribution >= 4 is 25.7 Å². The van der Waals surface area contributed by atoms with Gasteiger partial charge in [-0.2, -0.15) is 4.72 Å². The van der Waals surface area contributed by atoms with E-state index in [1.807, 2.05) is 0 Å². The Morgan fingerprint density at radius 3 is 2.45 bits per heavy atom. The van der Waals surface area contributed by atoms with Crippen LogP contribution in [0.3, 0.4) is 0 Å². The predicted molar refractivity (Wildman–Crippen MR) is 82.1 cm³/mol. The molecule has 0 saturated heterocycles. The lowest BCUT2D eigenvalue weighted by molar-refractivity contribution is 0.306. The van der Waals surface area contributed by atoms with E-state index in [1.165, 1.54) is 18.6 Å². The molecule has 1 aromatic carbocycles. The van der Waals surface area contributed by atoms with Crippen molar-refractivity contribution in [2.45, 2.75) is 48.1 Å². The van der Waals surface area contributed by atoms with Crippen molar-refractivity contribution < 1.29 is 16.8 Å². The van der Waals surface area contributed by atoms with Crippen LogP contribution < -0.4 is 15.2 Å². The van der Waals surface area contributed by atoms with Crippen LogP contribution in [0.4, 0.5) is 5.69 Å². The van der Waals surface area contributed by atoms with Gasteiger partial charge in [0, 0.05) is 0 Å². The molecule has 1 atom stereocenters. The number of nitrogens with two attached hydrogens (primary N) is 1. The van der Waals surface area contributed by atoms with E-state index < -0.39 is 20.0 Å². The van der Waals surface area contributed by atoms with E-state index in [9.17, 15) is 16.8 Å². The van der Waals surface area contributed by atoms with Gasteiger partial charge in [-0.1, -0.05) is 19.3 Å². The Kier molecular flexibility index (Phi) is 3.92. The van der Waals surface area contributed by atoms with Crippen LogP contribution in [0, 0.1) is 5.92 Å². The molecule has 0 amide bonds. The van der Waals surface area contributed by atoms with E-state index in [4.69, 9.17) is 5.14 Å². The molecule has 0 bridgehead atoms. The number of benzene rings is 1. The van der Waals surface area contributed by atoms with E-state index in [-0.39, 0.29) is 21.9 Å². The first-order chi connectivity index (χ1) is 10.3. The maximum atomic E-state index is 12.4. The Bertz CT molecular complexity index is 784. The van der Waals surface area contributed by atoms with E-state index in [0.717, 1.165) is 31.7 Å². The highest BCUT2D eigenvalue weighted by Crippen LogP contribution is 2.34. The summed E-state index contributed by atoms with van der Waals surface area (Å²) >= 11 is 0. The Hall–Kier alpha value is -1.16. The predicted octanol–water partition coefficient (Wildman–Crippen LogP) is 0.944. The molecule has 1 heterocycles. The largest absolute Gasteiger partial charge is 0.368 e. The number of rotatable bonds is 2. The summed E-state index contributed by atoms with van der Waals surface area (Å²) in [6.07, 6.45) is 4.99. The normalized spacial score (nSPS) is 25.2. The number of anilines is 1. The van der Waals surface area contributed by atoms with Crippen molar-refractivity contribution in [3.05, 3.63) is 18.2 Å². The first kappa shape index (κ1) is 15.7. The maximum absolute atomic E-state index is 12.4. The van der Waals surface area contributed by atoms with Gasteiger partial charge in [0.1, 0.15) is 4.90 Å². The lowest BCUT2D eigenvalue weighted by Crippen LogP contribution is -2.49.